The summed E-state index contributed by atoms with van der Waals surface area (Å²) in [5, 5.41) is 0. The van der Waals surface area contributed by atoms with Crippen LogP contribution in [0.1, 0.15) is 0 Å². The van der Waals surface area contributed by atoms with Gasteiger partial charge in [0.15, 0.2) is 5.56 Å². The van der Waals surface area contributed by atoms with Crippen molar-refractivity contribution in [3.8, 4) is 0 Å². The summed E-state index contributed by atoms with van der Waals surface area (Å²) >= 11 is 9.04. The van der Waals surface area contributed by atoms with Crippen molar-refractivity contribution in [2.45, 2.75) is 11.9 Å². The van der Waals surface area contributed by atoms with Gasteiger partial charge in [0.2, 0.25) is 0 Å². The Morgan fingerprint density at radius 2 is 1.80 bits per heavy atom. The third kappa shape index (κ3) is 5.08. The van der Waals surface area contributed by atoms with Crippen molar-refractivity contribution in [3.05, 3.63) is 5.63 Å². The van der Waals surface area contributed by atoms with Crippen molar-refractivity contribution >= 4 is 23.2 Å². The molecule has 0 saturated heterocycles. The third-order valence-corrected chi connectivity index (χ3v) is 0.999. The molecule has 10 heavy (non-hydrogen) atoms. The van der Waals surface area contributed by atoms with E-state index in [1.54, 1.807) is 0 Å². The van der Waals surface area contributed by atoms with Crippen molar-refractivity contribution in [2.75, 3.05) is 0 Å². The minimum Gasteiger partial charge on any atom is -0.267 e. The number of alkyl halides is 4. The molecule has 1 nitrogen and oxygen atoms in total. The first-order chi connectivity index (χ1) is 4.33. The maximum Gasteiger partial charge on any atom is 0.524 e. The molecule has 0 saturated carbocycles. The molecule has 1 atom stereocenters. The molecule has 0 heterocycles. The van der Waals surface area contributed by atoms with E-state index in [0.717, 1.165) is 0 Å². The second-order valence-electron chi connectivity index (χ2n) is 1.17. The van der Waals surface area contributed by atoms with Gasteiger partial charge in [-0.15, -0.1) is 13.2 Å². The quantitative estimate of drug-likeness (QED) is 0.491. The summed E-state index contributed by atoms with van der Waals surface area (Å²) in [7, 11) is 0. The molecule has 0 aromatic carbocycles. The minimum atomic E-state index is -4.97. The topological polar surface area (TPSA) is 9.23 Å². The molecule has 0 aliphatic rings. The minimum absolute atomic E-state index is 1.65. The highest BCUT2D eigenvalue weighted by Crippen LogP contribution is 2.28. The van der Waals surface area contributed by atoms with E-state index in [0.29, 0.717) is 0 Å². The summed E-state index contributed by atoms with van der Waals surface area (Å²) in [6.07, 6.45) is -4.97. The molecular formula is C3HCl2F4O. The van der Waals surface area contributed by atoms with Crippen LogP contribution in [-0.2, 0) is 4.74 Å². The Morgan fingerprint density at radius 1 is 1.40 bits per heavy atom. The first-order valence-corrected chi connectivity index (χ1v) is 2.71. The van der Waals surface area contributed by atoms with Gasteiger partial charge in [0.05, 0.1) is 0 Å². The molecule has 7 heteroatoms. The predicted octanol–water partition coefficient (Wildman–Crippen LogP) is 2.79. The first kappa shape index (κ1) is 10.3. The van der Waals surface area contributed by atoms with Gasteiger partial charge >= 0.3 is 6.36 Å². The van der Waals surface area contributed by atoms with Gasteiger partial charge in [-0.1, -0.05) is 23.2 Å². The first-order valence-electron chi connectivity index (χ1n) is 1.89. The van der Waals surface area contributed by atoms with Gasteiger partial charge in [0.25, 0.3) is 5.63 Å². The summed E-state index contributed by atoms with van der Waals surface area (Å²) in [4.78, 5) is 0. The van der Waals surface area contributed by atoms with Gasteiger partial charge in [0, 0.05) is 0 Å². The van der Waals surface area contributed by atoms with Gasteiger partial charge < -0.3 is 0 Å². The molecule has 61 valence electrons. The average Bonchev–Trinajstić information content (AvgIpc) is 1.60. The number of rotatable bonds is 2. The Kier molecular flexibility index (Phi) is 3.69. The predicted molar refractivity (Wildman–Crippen MR) is 27.0 cm³/mol. The number of hydrogen-bond donors (Lipinski definition) is 0. The maximum atomic E-state index is 11.6. The van der Waals surface area contributed by atoms with Crippen LogP contribution in [0, 0.1) is 5.63 Å². The molecule has 0 N–H and O–H groups in total. The fourth-order valence-corrected chi connectivity index (χ4v) is 0.307. The lowest BCUT2D eigenvalue weighted by Gasteiger charge is -2.11. The zero-order valence-electron chi connectivity index (χ0n) is 4.25. The lowest BCUT2D eigenvalue weighted by Crippen LogP contribution is -2.21. The lowest BCUT2D eigenvalue weighted by molar-refractivity contribution is -0.330. The van der Waals surface area contributed by atoms with Crippen LogP contribution in [0.15, 0.2) is 0 Å². The third-order valence-electron chi connectivity index (χ3n) is 0.409. The van der Waals surface area contributed by atoms with Crippen LogP contribution in [0.5, 0.6) is 0 Å². The number of hydrogen-bond acceptors (Lipinski definition) is 1. The Balaban J connectivity index is 3.68. The van der Waals surface area contributed by atoms with Gasteiger partial charge in [-0.2, -0.15) is 0 Å². The van der Waals surface area contributed by atoms with E-state index in [-0.39, 0.29) is 0 Å². The molecule has 0 bridgehead atoms. The van der Waals surface area contributed by atoms with E-state index in [1.165, 1.54) is 0 Å². The Bertz CT molecular complexity index is 103. The summed E-state index contributed by atoms with van der Waals surface area (Å²) < 4.78 is 47.8. The number of ether oxygens (including phenoxy) is 1. The molecule has 0 rings (SSSR count). The molecule has 0 fully saturated rings. The van der Waals surface area contributed by atoms with E-state index in [9.17, 15) is 17.6 Å². The van der Waals surface area contributed by atoms with Crippen LogP contribution >= 0.6 is 23.2 Å². The van der Waals surface area contributed by atoms with Gasteiger partial charge in [-0.3, -0.25) is 4.74 Å². The highest BCUT2D eigenvalue weighted by Gasteiger charge is 2.36. The monoisotopic (exact) mass is 199 g/mol. The van der Waals surface area contributed by atoms with Crippen molar-refractivity contribution in [1.29, 1.82) is 0 Å². The molecule has 0 spiro atoms. The highest BCUT2D eigenvalue weighted by atomic mass is 35.5. The molecule has 0 aliphatic carbocycles. The van der Waals surface area contributed by atoms with E-state index < -0.39 is 17.6 Å². The van der Waals surface area contributed by atoms with Crippen LogP contribution < -0.4 is 0 Å². The molecule has 0 amide bonds. The smallest absolute Gasteiger partial charge is 0.267 e. The van der Waals surface area contributed by atoms with Gasteiger partial charge in [0.1, 0.15) is 0 Å². The van der Waals surface area contributed by atoms with Gasteiger partial charge in [-0.05, 0) is 0 Å². The lowest BCUT2D eigenvalue weighted by atomic mass is 10.8. The van der Waals surface area contributed by atoms with Crippen LogP contribution in [-0.4, -0.2) is 11.9 Å². The summed E-state index contributed by atoms with van der Waals surface area (Å²) in [5.41, 5.74) is -3.93. The van der Waals surface area contributed by atoms with Crippen LogP contribution in [0.4, 0.5) is 17.6 Å². The summed E-state index contributed by atoms with van der Waals surface area (Å²) in [6, 6.07) is 0. The second-order valence-corrected chi connectivity index (χ2v) is 1.93. The van der Waals surface area contributed by atoms with Crippen LogP contribution in [0.25, 0.3) is 0 Å². The standard InChI is InChI=1S/C3HCl2F4O/c4-1(6)2(5)10-3(7,8)9/h2H. The SMILES string of the molecule is F[C](Cl)C(Cl)OC(F)(F)F. The summed E-state index contributed by atoms with van der Waals surface area (Å²) in [5.74, 6) is 0. The molecule has 0 aliphatic heterocycles. The van der Waals surface area contributed by atoms with E-state index in [4.69, 9.17) is 0 Å². The highest BCUT2D eigenvalue weighted by molar-refractivity contribution is 6.33. The molecule has 0 aromatic heterocycles. The van der Waals surface area contributed by atoms with E-state index in [2.05, 4.69) is 27.9 Å². The van der Waals surface area contributed by atoms with Crippen molar-refractivity contribution in [3.63, 3.8) is 0 Å². The number of halogens is 6. The molecule has 0 aromatic rings. The average molecular weight is 200 g/mol. The Hall–Kier alpha value is 0.260. The van der Waals surface area contributed by atoms with Crippen molar-refractivity contribution < 1.29 is 22.3 Å². The zero-order chi connectivity index (χ0) is 8.36. The second kappa shape index (κ2) is 3.59. The van der Waals surface area contributed by atoms with E-state index in [1.807, 2.05) is 0 Å². The van der Waals surface area contributed by atoms with Crippen molar-refractivity contribution in [2.24, 2.45) is 0 Å². The fraction of sp³-hybridized carbons (Fsp3) is 0.667. The fourth-order valence-electron chi connectivity index (χ4n) is 0.162. The largest absolute Gasteiger partial charge is 0.524 e. The van der Waals surface area contributed by atoms with Gasteiger partial charge in [-0.25, -0.2) is 4.39 Å². The van der Waals surface area contributed by atoms with E-state index >= 15 is 0 Å². The van der Waals surface area contributed by atoms with Crippen molar-refractivity contribution in [1.82, 2.24) is 0 Å². The normalized spacial score (nSPS) is 15.9. The zero-order valence-corrected chi connectivity index (χ0v) is 5.77. The van der Waals surface area contributed by atoms with Crippen LogP contribution in [0.2, 0.25) is 0 Å². The molecular weight excluding hydrogens is 199 g/mol. The summed E-state index contributed by atoms with van der Waals surface area (Å²) in [6.45, 7) is 0. The Morgan fingerprint density at radius 3 is 1.90 bits per heavy atom. The maximum absolute atomic E-state index is 11.6. The molecule has 1 unspecified atom stereocenters. The molecule has 1 radical (unpaired) electrons. The van der Waals surface area contributed by atoms with Crippen LogP contribution in [0.3, 0.4) is 0 Å². The Labute approximate surface area is 63.9 Å².